The number of pyridine rings is 1. The van der Waals surface area contributed by atoms with Gasteiger partial charge >= 0.3 is 6.09 Å². The van der Waals surface area contributed by atoms with Crippen LogP contribution in [0.4, 0.5) is 22.0 Å². The van der Waals surface area contributed by atoms with Crippen molar-refractivity contribution in [2.45, 2.75) is 6.92 Å². The summed E-state index contributed by atoms with van der Waals surface area (Å²) in [4.78, 5) is 30.3. The molecule has 1 saturated heterocycles. The molecule has 0 saturated carbocycles. The first-order valence-electron chi connectivity index (χ1n) is 8.79. The minimum absolute atomic E-state index is 0.251. The quantitative estimate of drug-likeness (QED) is 0.841. The molecule has 0 unspecified atom stereocenters. The van der Waals surface area contributed by atoms with Gasteiger partial charge in [0.1, 0.15) is 5.82 Å². The van der Waals surface area contributed by atoms with E-state index < -0.39 is 6.09 Å². The number of rotatable bonds is 5. The van der Waals surface area contributed by atoms with E-state index >= 15 is 0 Å². The number of nitrogens with one attached hydrogen (secondary N) is 2. The molecule has 0 radical (unpaired) electrons. The molecule has 0 bridgehead atoms. The third kappa shape index (κ3) is 5.18. The van der Waals surface area contributed by atoms with E-state index in [0.717, 1.165) is 18.9 Å². The van der Waals surface area contributed by atoms with Crippen molar-refractivity contribution in [3.8, 4) is 0 Å². The fourth-order valence-corrected chi connectivity index (χ4v) is 2.63. The van der Waals surface area contributed by atoms with Crippen molar-refractivity contribution in [2.75, 3.05) is 48.4 Å². The number of ether oxygens (including phenoxy) is 2. The van der Waals surface area contributed by atoms with Crippen molar-refractivity contribution >= 4 is 29.2 Å². The summed E-state index contributed by atoms with van der Waals surface area (Å²) >= 11 is 0. The Morgan fingerprint density at radius 3 is 2.41 bits per heavy atom. The highest BCUT2D eigenvalue weighted by Crippen LogP contribution is 2.17. The van der Waals surface area contributed by atoms with Crippen molar-refractivity contribution < 1.29 is 19.1 Å². The molecule has 2 aromatic rings. The topological polar surface area (TPSA) is 92.8 Å². The molecule has 27 heavy (non-hydrogen) atoms. The van der Waals surface area contributed by atoms with Crippen molar-refractivity contribution in [3.05, 3.63) is 48.2 Å². The van der Waals surface area contributed by atoms with E-state index in [1.54, 1.807) is 37.4 Å². The molecular formula is C19H22N4O4. The fourth-order valence-electron chi connectivity index (χ4n) is 2.63. The molecule has 1 aromatic heterocycles. The van der Waals surface area contributed by atoms with Gasteiger partial charge in [0.25, 0.3) is 5.91 Å². The predicted octanol–water partition coefficient (Wildman–Crippen LogP) is 2.74. The van der Waals surface area contributed by atoms with Crippen molar-refractivity contribution in [3.63, 3.8) is 0 Å². The molecule has 1 aliphatic rings. The maximum atomic E-state index is 12.4. The van der Waals surface area contributed by atoms with E-state index in [4.69, 9.17) is 9.47 Å². The average Bonchev–Trinajstić information content (AvgIpc) is 2.70. The van der Waals surface area contributed by atoms with Gasteiger partial charge in [0.05, 0.1) is 31.7 Å². The Morgan fingerprint density at radius 1 is 1.07 bits per heavy atom. The second-order valence-electron chi connectivity index (χ2n) is 5.88. The number of anilines is 3. The number of hydrogen-bond donors (Lipinski definition) is 2. The molecule has 8 nitrogen and oxygen atoms in total. The minimum Gasteiger partial charge on any atom is -0.450 e. The molecule has 0 atom stereocenters. The van der Waals surface area contributed by atoms with Gasteiger partial charge < -0.3 is 19.7 Å². The van der Waals surface area contributed by atoms with Crippen LogP contribution in [0.1, 0.15) is 17.3 Å². The van der Waals surface area contributed by atoms with Crippen LogP contribution in [0.15, 0.2) is 42.6 Å². The Hall–Kier alpha value is -3.13. The first-order valence-corrected chi connectivity index (χ1v) is 8.79. The summed E-state index contributed by atoms with van der Waals surface area (Å²) in [6.45, 7) is 5.04. The Balaban J connectivity index is 1.57. The normalized spacial score (nSPS) is 13.7. The second kappa shape index (κ2) is 9.00. The van der Waals surface area contributed by atoms with E-state index in [9.17, 15) is 9.59 Å². The molecule has 142 valence electrons. The number of nitrogens with zero attached hydrogens (tertiary/aromatic N) is 2. The zero-order valence-corrected chi connectivity index (χ0v) is 15.1. The molecule has 2 N–H and O–H groups in total. The molecule has 1 fully saturated rings. The number of hydrogen-bond acceptors (Lipinski definition) is 6. The predicted molar refractivity (Wildman–Crippen MR) is 102 cm³/mol. The Morgan fingerprint density at radius 2 is 1.78 bits per heavy atom. The maximum Gasteiger partial charge on any atom is 0.411 e. The lowest BCUT2D eigenvalue weighted by Gasteiger charge is -2.27. The highest BCUT2D eigenvalue weighted by atomic mass is 16.5. The zero-order chi connectivity index (χ0) is 19.1. The van der Waals surface area contributed by atoms with Gasteiger partial charge in [0, 0.05) is 24.3 Å². The second-order valence-corrected chi connectivity index (χ2v) is 5.88. The molecule has 2 amide bonds. The smallest absolute Gasteiger partial charge is 0.411 e. The van der Waals surface area contributed by atoms with Gasteiger partial charge in [-0.05, 0) is 43.3 Å². The summed E-state index contributed by atoms with van der Waals surface area (Å²) in [6, 6.07) is 10.3. The molecular weight excluding hydrogens is 348 g/mol. The molecule has 1 aromatic carbocycles. The highest BCUT2D eigenvalue weighted by Gasteiger charge is 2.13. The summed E-state index contributed by atoms with van der Waals surface area (Å²) < 4.78 is 10.1. The van der Waals surface area contributed by atoms with E-state index in [-0.39, 0.29) is 5.91 Å². The minimum atomic E-state index is -0.527. The van der Waals surface area contributed by atoms with Crippen LogP contribution in [0.2, 0.25) is 0 Å². The van der Waals surface area contributed by atoms with Crippen LogP contribution in [0.25, 0.3) is 0 Å². The SMILES string of the molecule is CCOC(=O)Nc1ccc(C(=O)Nc2ccc(N3CCOCC3)nc2)cc1. The largest absolute Gasteiger partial charge is 0.450 e. The molecule has 8 heteroatoms. The first-order chi connectivity index (χ1) is 13.2. The third-order valence-corrected chi connectivity index (χ3v) is 4.01. The third-order valence-electron chi connectivity index (χ3n) is 4.01. The van der Waals surface area contributed by atoms with E-state index in [1.807, 2.05) is 12.1 Å². The Bertz CT molecular complexity index is 771. The summed E-state index contributed by atoms with van der Waals surface area (Å²) in [5.74, 6) is 0.615. The fraction of sp³-hybridized carbons (Fsp3) is 0.316. The van der Waals surface area contributed by atoms with Crippen molar-refractivity contribution in [2.24, 2.45) is 0 Å². The van der Waals surface area contributed by atoms with Crippen LogP contribution in [0.3, 0.4) is 0 Å². The van der Waals surface area contributed by atoms with Gasteiger partial charge in [-0.25, -0.2) is 9.78 Å². The molecule has 0 spiro atoms. The first kappa shape index (κ1) is 18.7. The Kier molecular flexibility index (Phi) is 6.22. The lowest BCUT2D eigenvalue weighted by Crippen LogP contribution is -2.36. The van der Waals surface area contributed by atoms with Crippen LogP contribution in [-0.4, -0.2) is 49.9 Å². The van der Waals surface area contributed by atoms with Gasteiger partial charge in [-0.3, -0.25) is 10.1 Å². The van der Waals surface area contributed by atoms with Gasteiger partial charge in [-0.15, -0.1) is 0 Å². The van der Waals surface area contributed by atoms with Gasteiger partial charge in [-0.2, -0.15) is 0 Å². The molecule has 2 heterocycles. The average molecular weight is 370 g/mol. The lowest BCUT2D eigenvalue weighted by atomic mass is 10.2. The number of benzene rings is 1. The number of carbonyl (C=O) groups excluding carboxylic acids is 2. The molecule has 0 aliphatic carbocycles. The highest BCUT2D eigenvalue weighted by molar-refractivity contribution is 6.04. The van der Waals surface area contributed by atoms with Crippen molar-refractivity contribution in [1.82, 2.24) is 4.98 Å². The standard InChI is InChI=1S/C19H22N4O4/c1-2-27-19(25)22-15-5-3-14(4-6-15)18(24)21-16-7-8-17(20-13-16)23-9-11-26-12-10-23/h3-8,13H,2,9-12H2,1H3,(H,21,24)(H,22,25). The van der Waals surface area contributed by atoms with Crippen LogP contribution < -0.4 is 15.5 Å². The number of carbonyl (C=O) groups is 2. The van der Waals surface area contributed by atoms with E-state index in [1.165, 1.54) is 0 Å². The summed E-state index contributed by atoms with van der Waals surface area (Å²) in [5.41, 5.74) is 1.65. The summed E-state index contributed by atoms with van der Waals surface area (Å²) in [5, 5.41) is 5.39. The van der Waals surface area contributed by atoms with Gasteiger partial charge in [0.15, 0.2) is 0 Å². The number of morpholine rings is 1. The van der Waals surface area contributed by atoms with E-state index in [2.05, 4.69) is 20.5 Å². The number of amides is 2. The summed E-state index contributed by atoms with van der Waals surface area (Å²) in [7, 11) is 0. The van der Waals surface area contributed by atoms with E-state index in [0.29, 0.717) is 36.8 Å². The Labute approximate surface area is 157 Å². The van der Waals surface area contributed by atoms with Crippen LogP contribution in [0.5, 0.6) is 0 Å². The van der Waals surface area contributed by atoms with Gasteiger partial charge in [-0.1, -0.05) is 0 Å². The van der Waals surface area contributed by atoms with Gasteiger partial charge in [0.2, 0.25) is 0 Å². The van der Waals surface area contributed by atoms with Crippen molar-refractivity contribution in [1.29, 1.82) is 0 Å². The molecule has 1 aliphatic heterocycles. The zero-order valence-electron chi connectivity index (χ0n) is 15.1. The summed E-state index contributed by atoms with van der Waals surface area (Å²) in [6.07, 6.45) is 1.11. The van der Waals surface area contributed by atoms with Crippen LogP contribution in [-0.2, 0) is 9.47 Å². The van der Waals surface area contributed by atoms with Crippen LogP contribution >= 0.6 is 0 Å². The van der Waals surface area contributed by atoms with Crippen LogP contribution in [0, 0.1) is 0 Å². The maximum absolute atomic E-state index is 12.4. The monoisotopic (exact) mass is 370 g/mol. The lowest BCUT2D eigenvalue weighted by molar-refractivity contribution is 0.102. The number of aromatic nitrogens is 1. The molecule has 3 rings (SSSR count).